The molecular weight excluding hydrogens is 300 g/mol. The van der Waals surface area contributed by atoms with E-state index in [4.69, 9.17) is 0 Å². The molecule has 0 aliphatic heterocycles. The summed E-state index contributed by atoms with van der Waals surface area (Å²) >= 11 is 0. The zero-order chi connectivity index (χ0) is 15.8. The molecule has 21 heavy (non-hydrogen) atoms. The second kappa shape index (κ2) is 5.23. The van der Waals surface area contributed by atoms with Gasteiger partial charge in [-0.15, -0.1) is 0 Å². The normalized spacial score (nSPS) is 15.9. The molecule has 0 spiro atoms. The molecule has 0 radical (unpaired) electrons. The highest BCUT2D eigenvalue weighted by atomic mass is 19.4. The van der Waals surface area contributed by atoms with Gasteiger partial charge < -0.3 is 5.32 Å². The zero-order valence-electron chi connectivity index (χ0n) is 10.6. The van der Waals surface area contributed by atoms with Crippen molar-refractivity contribution >= 4 is 5.91 Å². The Labute approximate surface area is 116 Å². The van der Waals surface area contributed by atoms with Crippen LogP contribution in [0.1, 0.15) is 29.5 Å². The van der Waals surface area contributed by atoms with Gasteiger partial charge in [-0.05, 0) is 36.6 Å². The van der Waals surface area contributed by atoms with Crippen molar-refractivity contribution in [2.45, 2.75) is 31.7 Å². The minimum atomic E-state index is -4.88. The Morgan fingerprint density at radius 1 is 1.00 bits per heavy atom. The lowest BCUT2D eigenvalue weighted by Gasteiger charge is -2.14. The van der Waals surface area contributed by atoms with Gasteiger partial charge in [-0.3, -0.25) is 4.79 Å². The number of carbonyl (C=O) groups is 1. The largest absolute Gasteiger partial charge is 0.416 e. The Morgan fingerprint density at radius 3 is 1.86 bits per heavy atom. The highest BCUT2D eigenvalue weighted by Crippen LogP contribution is 2.36. The van der Waals surface area contributed by atoms with E-state index in [0.29, 0.717) is 25.0 Å². The maximum atomic E-state index is 12.6. The molecule has 1 aliphatic carbocycles. The topological polar surface area (TPSA) is 29.1 Å². The van der Waals surface area contributed by atoms with Crippen LogP contribution in [0.4, 0.5) is 26.3 Å². The van der Waals surface area contributed by atoms with Crippen LogP contribution in [-0.2, 0) is 23.7 Å². The molecule has 2 rings (SSSR count). The molecule has 0 saturated heterocycles. The molecule has 1 amide bonds. The van der Waals surface area contributed by atoms with E-state index in [1.807, 2.05) is 0 Å². The Bertz CT molecular complexity index is 512. The van der Waals surface area contributed by atoms with Gasteiger partial charge >= 0.3 is 12.4 Å². The summed E-state index contributed by atoms with van der Waals surface area (Å²) in [6.07, 6.45) is -8.36. The molecule has 1 N–H and O–H groups in total. The minimum absolute atomic E-state index is 0.0617. The number of amides is 1. The molecule has 0 unspecified atom stereocenters. The fourth-order valence-corrected chi connectivity index (χ4v) is 1.80. The van der Waals surface area contributed by atoms with Gasteiger partial charge in [0.15, 0.2) is 0 Å². The van der Waals surface area contributed by atoms with Crippen molar-refractivity contribution in [2.24, 2.45) is 5.92 Å². The summed E-state index contributed by atoms with van der Waals surface area (Å²) in [4.78, 5) is 11.4. The van der Waals surface area contributed by atoms with Crippen molar-refractivity contribution in [1.82, 2.24) is 5.32 Å². The van der Waals surface area contributed by atoms with E-state index in [1.54, 1.807) is 0 Å². The molecule has 1 aromatic carbocycles. The standard InChI is InChI=1S/C13H11F6NO/c14-12(15,16)9-3-7(4-10(5-9)13(17,18)19)6-20-11(21)8-1-2-8/h3-5,8H,1-2,6H2,(H,20,21). The summed E-state index contributed by atoms with van der Waals surface area (Å²) in [6.45, 7) is -0.359. The SMILES string of the molecule is O=C(NCc1cc(C(F)(F)F)cc(C(F)(F)F)c1)C1CC1. The van der Waals surface area contributed by atoms with Gasteiger partial charge in [0.25, 0.3) is 0 Å². The summed E-state index contributed by atoms with van der Waals surface area (Å²) in [5.41, 5.74) is -2.99. The number of halogens is 6. The molecule has 1 aromatic rings. The minimum Gasteiger partial charge on any atom is -0.352 e. The number of nitrogens with one attached hydrogen (secondary N) is 1. The third-order valence-corrected chi connectivity index (χ3v) is 3.06. The van der Waals surface area contributed by atoms with Gasteiger partial charge in [0, 0.05) is 12.5 Å². The van der Waals surface area contributed by atoms with Crippen molar-refractivity contribution in [2.75, 3.05) is 0 Å². The second-order valence-electron chi connectivity index (χ2n) is 4.91. The summed E-state index contributed by atoms with van der Waals surface area (Å²) in [5, 5.41) is 2.34. The van der Waals surface area contributed by atoms with E-state index >= 15 is 0 Å². The van der Waals surface area contributed by atoms with Gasteiger partial charge in [0.1, 0.15) is 0 Å². The van der Waals surface area contributed by atoms with Gasteiger partial charge in [0.2, 0.25) is 5.91 Å². The van der Waals surface area contributed by atoms with Crippen LogP contribution in [0.15, 0.2) is 18.2 Å². The number of alkyl halides is 6. The van der Waals surface area contributed by atoms with Crippen molar-refractivity contribution < 1.29 is 31.1 Å². The van der Waals surface area contributed by atoms with E-state index in [9.17, 15) is 31.1 Å². The first-order chi connectivity index (χ1) is 9.57. The molecule has 1 fully saturated rings. The molecule has 0 aromatic heterocycles. The van der Waals surface area contributed by atoms with Crippen molar-refractivity contribution in [3.8, 4) is 0 Å². The molecule has 0 atom stereocenters. The predicted molar refractivity (Wildman–Crippen MR) is 61.0 cm³/mol. The van der Waals surface area contributed by atoms with Crippen LogP contribution in [0.3, 0.4) is 0 Å². The smallest absolute Gasteiger partial charge is 0.352 e. The number of rotatable bonds is 3. The van der Waals surface area contributed by atoms with Crippen LogP contribution in [-0.4, -0.2) is 5.91 Å². The molecule has 1 saturated carbocycles. The first-order valence-corrected chi connectivity index (χ1v) is 6.13. The van der Waals surface area contributed by atoms with E-state index < -0.39 is 23.5 Å². The Morgan fingerprint density at radius 2 is 1.48 bits per heavy atom. The lowest BCUT2D eigenvalue weighted by molar-refractivity contribution is -0.143. The highest BCUT2D eigenvalue weighted by molar-refractivity contribution is 5.80. The zero-order valence-corrected chi connectivity index (χ0v) is 10.6. The van der Waals surface area contributed by atoms with Crippen molar-refractivity contribution in [3.05, 3.63) is 34.9 Å². The molecule has 0 bridgehead atoms. The van der Waals surface area contributed by atoms with E-state index in [0.717, 1.165) is 0 Å². The molecule has 2 nitrogen and oxygen atoms in total. The maximum absolute atomic E-state index is 12.6. The number of hydrogen-bond donors (Lipinski definition) is 1. The third-order valence-electron chi connectivity index (χ3n) is 3.06. The summed E-state index contributed by atoms with van der Waals surface area (Å²) in [6, 6.07) is 1.29. The number of benzene rings is 1. The maximum Gasteiger partial charge on any atom is 0.416 e. The summed E-state index contributed by atoms with van der Waals surface area (Å²) in [5.74, 6) is -0.515. The van der Waals surface area contributed by atoms with Gasteiger partial charge in [-0.2, -0.15) is 26.3 Å². The molecular formula is C13H11F6NO. The lowest BCUT2D eigenvalue weighted by atomic mass is 10.0. The number of carbonyl (C=O) groups excluding carboxylic acids is 1. The van der Waals surface area contributed by atoms with Crippen LogP contribution < -0.4 is 5.32 Å². The molecule has 116 valence electrons. The average molecular weight is 311 g/mol. The Balaban J connectivity index is 2.24. The van der Waals surface area contributed by atoms with Crippen LogP contribution in [0.5, 0.6) is 0 Å². The van der Waals surface area contributed by atoms with Crippen LogP contribution in [0, 0.1) is 5.92 Å². The lowest BCUT2D eigenvalue weighted by Crippen LogP contribution is -2.24. The van der Waals surface area contributed by atoms with E-state index in [2.05, 4.69) is 5.32 Å². The first kappa shape index (κ1) is 15.7. The molecule has 0 heterocycles. The molecule has 8 heteroatoms. The Kier molecular flexibility index (Phi) is 3.90. The highest BCUT2D eigenvalue weighted by Gasteiger charge is 2.37. The van der Waals surface area contributed by atoms with Gasteiger partial charge in [0.05, 0.1) is 11.1 Å². The summed E-state index contributed by atoms with van der Waals surface area (Å²) in [7, 11) is 0. The fourth-order valence-electron chi connectivity index (χ4n) is 1.80. The average Bonchev–Trinajstić information content (AvgIpc) is 3.17. The van der Waals surface area contributed by atoms with E-state index in [-0.39, 0.29) is 30.0 Å². The predicted octanol–water partition coefficient (Wildman–Crippen LogP) is 3.75. The monoisotopic (exact) mass is 311 g/mol. The van der Waals surface area contributed by atoms with Gasteiger partial charge in [-0.1, -0.05) is 0 Å². The van der Waals surface area contributed by atoms with Gasteiger partial charge in [-0.25, -0.2) is 0 Å². The summed E-state index contributed by atoms with van der Waals surface area (Å²) < 4.78 is 75.7. The fraction of sp³-hybridized carbons (Fsp3) is 0.462. The number of hydrogen-bond acceptors (Lipinski definition) is 1. The second-order valence-corrected chi connectivity index (χ2v) is 4.91. The van der Waals surface area contributed by atoms with E-state index in [1.165, 1.54) is 0 Å². The van der Waals surface area contributed by atoms with Crippen LogP contribution >= 0.6 is 0 Å². The molecule has 1 aliphatic rings. The van der Waals surface area contributed by atoms with Crippen molar-refractivity contribution in [1.29, 1.82) is 0 Å². The quantitative estimate of drug-likeness (QED) is 0.846. The van der Waals surface area contributed by atoms with Crippen molar-refractivity contribution in [3.63, 3.8) is 0 Å². The van der Waals surface area contributed by atoms with Crippen LogP contribution in [0.2, 0.25) is 0 Å². The van der Waals surface area contributed by atoms with Crippen LogP contribution in [0.25, 0.3) is 0 Å². The Hall–Kier alpha value is -1.73. The first-order valence-electron chi connectivity index (χ1n) is 6.13. The third kappa shape index (κ3) is 4.12.